The van der Waals surface area contributed by atoms with E-state index in [4.69, 9.17) is 4.74 Å². The van der Waals surface area contributed by atoms with Gasteiger partial charge < -0.3 is 15.0 Å². The molecular weight excluding hydrogens is 268 g/mol. The highest BCUT2D eigenvalue weighted by Crippen LogP contribution is 2.05. The Hall–Kier alpha value is -1.86. The molecular formula is C13H15F2N3O2. The molecule has 1 aromatic carbocycles. The van der Waals surface area contributed by atoms with Crippen molar-refractivity contribution in [3.8, 4) is 0 Å². The molecule has 20 heavy (non-hydrogen) atoms. The van der Waals surface area contributed by atoms with E-state index in [0.29, 0.717) is 29.8 Å². The van der Waals surface area contributed by atoms with Crippen molar-refractivity contribution in [2.24, 2.45) is 0 Å². The summed E-state index contributed by atoms with van der Waals surface area (Å²) < 4.78 is 28.3. The number of ether oxygens (including phenoxy) is 1. The van der Waals surface area contributed by atoms with Crippen LogP contribution < -0.4 is 10.9 Å². The van der Waals surface area contributed by atoms with Crippen LogP contribution in [0.15, 0.2) is 29.1 Å². The van der Waals surface area contributed by atoms with Crippen molar-refractivity contribution in [3.63, 3.8) is 0 Å². The third-order valence-electron chi connectivity index (χ3n) is 2.62. The molecule has 0 aliphatic rings. The summed E-state index contributed by atoms with van der Waals surface area (Å²) in [5.74, 6) is 0.502. The van der Waals surface area contributed by atoms with Crippen molar-refractivity contribution < 1.29 is 13.5 Å². The normalized spacial score (nSPS) is 11.3. The Balaban J connectivity index is 1.86. The number of para-hydroxylation sites is 1. The van der Waals surface area contributed by atoms with Gasteiger partial charge in [-0.25, -0.2) is 13.8 Å². The van der Waals surface area contributed by atoms with E-state index in [0.717, 1.165) is 0 Å². The molecule has 0 saturated heterocycles. The topological polar surface area (TPSA) is 67.0 Å². The first-order valence-corrected chi connectivity index (χ1v) is 6.21. The number of hydrogen-bond acceptors (Lipinski definition) is 4. The largest absolute Gasteiger partial charge is 0.374 e. The Kier molecular flexibility index (Phi) is 5.14. The molecule has 0 fully saturated rings. The second-order valence-electron chi connectivity index (χ2n) is 4.17. The quantitative estimate of drug-likeness (QED) is 0.752. The van der Waals surface area contributed by atoms with Crippen molar-refractivity contribution in [3.05, 3.63) is 40.4 Å². The second-order valence-corrected chi connectivity index (χ2v) is 4.17. The van der Waals surface area contributed by atoms with Crippen LogP contribution in [0.3, 0.4) is 0 Å². The van der Waals surface area contributed by atoms with E-state index >= 15 is 0 Å². The van der Waals surface area contributed by atoms with Crippen LogP contribution in [0.4, 0.5) is 8.78 Å². The minimum Gasteiger partial charge on any atom is -0.374 e. The monoisotopic (exact) mass is 283 g/mol. The lowest BCUT2D eigenvalue weighted by molar-refractivity contribution is 0.0187. The van der Waals surface area contributed by atoms with Crippen molar-refractivity contribution >= 4 is 10.9 Å². The zero-order valence-corrected chi connectivity index (χ0v) is 10.7. The van der Waals surface area contributed by atoms with Crippen LogP contribution >= 0.6 is 0 Å². The number of H-pyrrole nitrogens is 1. The van der Waals surface area contributed by atoms with Crippen molar-refractivity contribution in [1.29, 1.82) is 0 Å². The van der Waals surface area contributed by atoms with Crippen LogP contribution in [0.25, 0.3) is 10.9 Å². The molecule has 0 aliphatic heterocycles. The summed E-state index contributed by atoms with van der Waals surface area (Å²) in [6.07, 6.45) is -2.45. The molecule has 2 rings (SSSR count). The first-order chi connectivity index (χ1) is 9.66. The summed E-state index contributed by atoms with van der Waals surface area (Å²) in [7, 11) is 0. The van der Waals surface area contributed by atoms with Gasteiger partial charge in [-0.2, -0.15) is 0 Å². The number of benzene rings is 1. The molecule has 0 bridgehead atoms. The Morgan fingerprint density at radius 2 is 2.15 bits per heavy atom. The lowest BCUT2D eigenvalue weighted by Gasteiger charge is -2.06. The van der Waals surface area contributed by atoms with Gasteiger partial charge in [0.15, 0.2) is 0 Å². The van der Waals surface area contributed by atoms with Crippen LogP contribution in [0, 0.1) is 0 Å². The fourth-order valence-corrected chi connectivity index (χ4v) is 1.74. The van der Waals surface area contributed by atoms with E-state index < -0.39 is 13.0 Å². The molecule has 1 heterocycles. The van der Waals surface area contributed by atoms with Gasteiger partial charge in [0, 0.05) is 6.54 Å². The van der Waals surface area contributed by atoms with Crippen LogP contribution in [0.5, 0.6) is 0 Å². The standard InChI is InChI=1S/C13H15F2N3O2/c14-11(15)8-20-6-5-16-7-12-17-10-4-2-1-3-9(10)13(19)18-12/h1-4,11,16H,5-8H2,(H,17,18,19). The van der Waals surface area contributed by atoms with E-state index in [1.165, 1.54) is 0 Å². The Bertz CT molecular complexity index is 616. The maximum Gasteiger partial charge on any atom is 0.261 e. The summed E-state index contributed by atoms with van der Waals surface area (Å²) in [6.45, 7) is 0.371. The summed E-state index contributed by atoms with van der Waals surface area (Å²) in [5, 5.41) is 3.50. The molecule has 0 atom stereocenters. The second kappa shape index (κ2) is 7.06. The van der Waals surface area contributed by atoms with Crippen LogP contribution in [-0.4, -0.2) is 36.2 Å². The van der Waals surface area contributed by atoms with E-state index in [9.17, 15) is 13.6 Å². The summed E-state index contributed by atoms with van der Waals surface area (Å²) in [5.41, 5.74) is 0.434. The highest BCUT2D eigenvalue weighted by molar-refractivity contribution is 5.77. The molecule has 0 saturated carbocycles. The fraction of sp³-hybridized carbons (Fsp3) is 0.385. The first-order valence-electron chi connectivity index (χ1n) is 6.21. The molecule has 0 spiro atoms. The lowest BCUT2D eigenvalue weighted by Crippen LogP contribution is -2.23. The van der Waals surface area contributed by atoms with Crippen molar-refractivity contribution in [2.75, 3.05) is 19.8 Å². The van der Waals surface area contributed by atoms with E-state index in [-0.39, 0.29) is 12.2 Å². The molecule has 108 valence electrons. The van der Waals surface area contributed by atoms with Crippen LogP contribution in [0.2, 0.25) is 0 Å². The number of rotatable bonds is 7. The molecule has 7 heteroatoms. The molecule has 2 aromatic rings. The Labute approximate surface area is 114 Å². The molecule has 0 amide bonds. The highest BCUT2D eigenvalue weighted by atomic mass is 19.3. The number of nitrogens with one attached hydrogen (secondary N) is 2. The van der Waals surface area contributed by atoms with E-state index in [1.54, 1.807) is 18.2 Å². The van der Waals surface area contributed by atoms with Gasteiger partial charge in [0.2, 0.25) is 0 Å². The number of nitrogens with zero attached hydrogens (tertiary/aromatic N) is 1. The highest BCUT2D eigenvalue weighted by Gasteiger charge is 2.03. The van der Waals surface area contributed by atoms with E-state index in [1.807, 2.05) is 6.07 Å². The third-order valence-corrected chi connectivity index (χ3v) is 2.62. The molecule has 0 unspecified atom stereocenters. The number of alkyl halides is 2. The maximum atomic E-state index is 11.8. The van der Waals surface area contributed by atoms with Crippen LogP contribution in [0.1, 0.15) is 5.82 Å². The zero-order valence-electron chi connectivity index (χ0n) is 10.7. The zero-order chi connectivity index (χ0) is 14.4. The van der Waals surface area contributed by atoms with Gasteiger partial charge in [-0.15, -0.1) is 0 Å². The Morgan fingerprint density at radius 3 is 2.95 bits per heavy atom. The van der Waals surface area contributed by atoms with Gasteiger partial charge in [0.1, 0.15) is 12.4 Å². The van der Waals surface area contributed by atoms with Crippen molar-refractivity contribution in [1.82, 2.24) is 15.3 Å². The summed E-state index contributed by atoms with van der Waals surface area (Å²) >= 11 is 0. The number of halogens is 2. The molecule has 0 radical (unpaired) electrons. The fourth-order valence-electron chi connectivity index (χ4n) is 1.74. The maximum absolute atomic E-state index is 11.8. The molecule has 1 aromatic heterocycles. The number of aromatic nitrogens is 2. The van der Waals surface area contributed by atoms with Crippen molar-refractivity contribution in [2.45, 2.75) is 13.0 Å². The average Bonchev–Trinajstić information content (AvgIpc) is 2.42. The molecule has 0 aliphatic carbocycles. The number of fused-ring (bicyclic) bond motifs is 1. The minimum atomic E-state index is -2.45. The summed E-state index contributed by atoms with van der Waals surface area (Å²) in [6, 6.07) is 7.05. The third kappa shape index (κ3) is 4.07. The lowest BCUT2D eigenvalue weighted by atomic mass is 10.2. The summed E-state index contributed by atoms with van der Waals surface area (Å²) in [4.78, 5) is 18.8. The van der Waals surface area contributed by atoms with E-state index in [2.05, 4.69) is 15.3 Å². The van der Waals surface area contributed by atoms with Gasteiger partial charge in [-0.05, 0) is 12.1 Å². The Morgan fingerprint density at radius 1 is 1.35 bits per heavy atom. The molecule has 5 nitrogen and oxygen atoms in total. The number of aromatic amines is 1. The SMILES string of the molecule is O=c1[nH]c(CNCCOCC(F)F)nc2ccccc12. The van der Waals surface area contributed by atoms with Gasteiger partial charge in [0.25, 0.3) is 12.0 Å². The van der Waals surface area contributed by atoms with Gasteiger partial charge in [0.05, 0.1) is 24.1 Å². The minimum absolute atomic E-state index is 0.183. The first kappa shape index (κ1) is 14.5. The van der Waals surface area contributed by atoms with Gasteiger partial charge >= 0.3 is 0 Å². The van der Waals surface area contributed by atoms with Crippen LogP contribution in [-0.2, 0) is 11.3 Å². The average molecular weight is 283 g/mol. The van der Waals surface area contributed by atoms with Gasteiger partial charge in [-0.1, -0.05) is 12.1 Å². The smallest absolute Gasteiger partial charge is 0.261 e. The predicted molar refractivity (Wildman–Crippen MR) is 70.9 cm³/mol. The predicted octanol–water partition coefficient (Wildman–Crippen LogP) is 1.29. The van der Waals surface area contributed by atoms with Gasteiger partial charge in [-0.3, -0.25) is 4.79 Å². The molecule has 2 N–H and O–H groups in total. The number of hydrogen-bond donors (Lipinski definition) is 2.